The van der Waals surface area contributed by atoms with Crippen molar-refractivity contribution in [1.29, 1.82) is 0 Å². The van der Waals surface area contributed by atoms with E-state index in [0.29, 0.717) is 31.1 Å². The number of amides is 1. The molecule has 0 aliphatic carbocycles. The van der Waals surface area contributed by atoms with Crippen LogP contribution in [0.15, 0.2) is 72.9 Å². The lowest BCUT2D eigenvalue weighted by molar-refractivity contribution is -0.138. The van der Waals surface area contributed by atoms with Crippen LogP contribution in [-0.4, -0.2) is 35.5 Å². The van der Waals surface area contributed by atoms with Crippen LogP contribution in [0.25, 0.3) is 11.1 Å². The lowest BCUT2D eigenvalue weighted by Gasteiger charge is -2.32. The normalized spacial score (nSPS) is 16.8. The number of ether oxygens (including phenoxy) is 1. The van der Waals surface area contributed by atoms with Crippen molar-refractivity contribution >= 4 is 17.5 Å². The van der Waals surface area contributed by atoms with Gasteiger partial charge in [-0.05, 0) is 29.3 Å². The maximum atomic E-state index is 12.7. The molecule has 1 atom stereocenters. The fourth-order valence-electron chi connectivity index (χ4n) is 3.37. The Balaban J connectivity index is 1.43. The summed E-state index contributed by atoms with van der Waals surface area (Å²) in [6.45, 7) is 1.65. The molecule has 4 nitrogen and oxygen atoms in total. The second-order valence-electron chi connectivity index (χ2n) is 6.84. The van der Waals surface area contributed by atoms with Crippen LogP contribution in [0.3, 0.4) is 0 Å². The summed E-state index contributed by atoms with van der Waals surface area (Å²) >= 11 is 6.07. The molecule has 2 aromatic carbocycles. The molecule has 0 N–H and O–H groups in total. The number of carbonyl (C=O) groups is 1. The Kier molecular flexibility index (Phi) is 5.70. The van der Waals surface area contributed by atoms with Gasteiger partial charge in [0, 0.05) is 23.3 Å². The van der Waals surface area contributed by atoms with Crippen molar-refractivity contribution < 1.29 is 9.53 Å². The van der Waals surface area contributed by atoms with E-state index in [-0.39, 0.29) is 12.0 Å². The van der Waals surface area contributed by atoms with Gasteiger partial charge in [0.05, 0.1) is 25.3 Å². The molecule has 1 aliphatic rings. The Bertz CT molecular complexity index is 944. The van der Waals surface area contributed by atoms with Gasteiger partial charge < -0.3 is 9.64 Å². The van der Waals surface area contributed by atoms with E-state index >= 15 is 0 Å². The minimum atomic E-state index is -0.207. The third-order valence-corrected chi connectivity index (χ3v) is 5.13. The number of nitrogens with zero attached hydrogens (tertiary/aromatic N) is 2. The molecule has 2 heterocycles. The lowest BCUT2D eigenvalue weighted by atomic mass is 10.1. The van der Waals surface area contributed by atoms with Gasteiger partial charge in [0.1, 0.15) is 6.10 Å². The van der Waals surface area contributed by atoms with E-state index in [1.165, 1.54) is 0 Å². The van der Waals surface area contributed by atoms with Gasteiger partial charge in [0.15, 0.2) is 0 Å². The highest BCUT2D eigenvalue weighted by atomic mass is 35.5. The zero-order chi connectivity index (χ0) is 19.3. The second-order valence-corrected chi connectivity index (χ2v) is 7.28. The minimum Gasteiger partial charge on any atom is -0.368 e. The van der Waals surface area contributed by atoms with Crippen molar-refractivity contribution in [2.45, 2.75) is 12.5 Å². The summed E-state index contributed by atoms with van der Waals surface area (Å²) in [6, 6.07) is 21.5. The first-order valence-electron chi connectivity index (χ1n) is 9.34. The van der Waals surface area contributed by atoms with Crippen LogP contribution < -0.4 is 0 Å². The average Bonchev–Trinajstić information content (AvgIpc) is 2.75. The number of hydrogen-bond donors (Lipinski definition) is 0. The molecule has 1 fully saturated rings. The van der Waals surface area contributed by atoms with Crippen LogP contribution in [0.4, 0.5) is 0 Å². The number of carbonyl (C=O) groups excluding carboxylic acids is 1. The van der Waals surface area contributed by atoms with E-state index in [4.69, 9.17) is 16.3 Å². The SMILES string of the molecule is O=C(Cc1ccccc1)N1CCO[C@@H](c2ccc(-c3cccc(Cl)c3)cn2)C1. The monoisotopic (exact) mass is 392 g/mol. The molecule has 0 radical (unpaired) electrons. The number of aromatic nitrogens is 1. The average molecular weight is 393 g/mol. The van der Waals surface area contributed by atoms with E-state index in [9.17, 15) is 4.79 Å². The van der Waals surface area contributed by atoms with E-state index in [1.807, 2.05) is 77.8 Å². The molecule has 1 saturated heterocycles. The Labute approximate surface area is 169 Å². The number of hydrogen-bond acceptors (Lipinski definition) is 3. The van der Waals surface area contributed by atoms with Gasteiger partial charge in [-0.2, -0.15) is 0 Å². The Morgan fingerprint density at radius 3 is 2.68 bits per heavy atom. The van der Waals surface area contributed by atoms with Crippen LogP contribution in [-0.2, 0) is 16.0 Å². The molecule has 1 aliphatic heterocycles. The Morgan fingerprint density at radius 1 is 1.07 bits per heavy atom. The molecule has 142 valence electrons. The number of morpholine rings is 1. The lowest BCUT2D eigenvalue weighted by Crippen LogP contribution is -2.43. The Hall–Kier alpha value is -2.69. The first kappa shape index (κ1) is 18.7. The molecule has 0 bridgehead atoms. The van der Waals surface area contributed by atoms with Crippen molar-refractivity contribution in [3.63, 3.8) is 0 Å². The highest BCUT2D eigenvalue weighted by Crippen LogP contribution is 2.25. The third-order valence-electron chi connectivity index (χ3n) is 4.89. The van der Waals surface area contributed by atoms with Crippen LogP contribution in [0.5, 0.6) is 0 Å². The molecule has 1 aromatic heterocycles. The van der Waals surface area contributed by atoms with Crippen LogP contribution >= 0.6 is 11.6 Å². The fraction of sp³-hybridized carbons (Fsp3) is 0.217. The predicted octanol–water partition coefficient (Wildman–Crippen LogP) is 4.54. The van der Waals surface area contributed by atoms with Gasteiger partial charge in [-0.25, -0.2) is 0 Å². The summed E-state index contributed by atoms with van der Waals surface area (Å²) in [4.78, 5) is 19.1. The molecule has 0 unspecified atom stereocenters. The number of benzene rings is 2. The number of halogens is 1. The van der Waals surface area contributed by atoms with Crippen molar-refractivity contribution in [3.8, 4) is 11.1 Å². The third kappa shape index (κ3) is 4.41. The molecular formula is C23H21ClN2O2. The molecule has 5 heteroatoms. The predicted molar refractivity (Wildman–Crippen MR) is 110 cm³/mol. The topological polar surface area (TPSA) is 42.4 Å². The van der Waals surface area contributed by atoms with Crippen molar-refractivity contribution in [2.24, 2.45) is 0 Å². The summed E-state index contributed by atoms with van der Waals surface area (Å²) < 4.78 is 5.88. The van der Waals surface area contributed by atoms with Crippen LogP contribution in [0.1, 0.15) is 17.4 Å². The van der Waals surface area contributed by atoms with E-state index in [0.717, 1.165) is 22.4 Å². The molecule has 28 heavy (non-hydrogen) atoms. The van der Waals surface area contributed by atoms with E-state index in [2.05, 4.69) is 4.98 Å². The summed E-state index contributed by atoms with van der Waals surface area (Å²) in [5.74, 6) is 0.120. The number of pyridine rings is 1. The summed E-state index contributed by atoms with van der Waals surface area (Å²) in [5.41, 5.74) is 3.89. The summed E-state index contributed by atoms with van der Waals surface area (Å²) in [6.07, 6.45) is 2.03. The van der Waals surface area contributed by atoms with E-state index < -0.39 is 0 Å². The number of rotatable bonds is 4. The van der Waals surface area contributed by atoms with Gasteiger partial charge in [-0.1, -0.05) is 60.1 Å². The minimum absolute atomic E-state index is 0.120. The highest BCUT2D eigenvalue weighted by molar-refractivity contribution is 6.30. The van der Waals surface area contributed by atoms with Gasteiger partial charge in [0.25, 0.3) is 0 Å². The zero-order valence-electron chi connectivity index (χ0n) is 15.4. The molecule has 4 rings (SSSR count). The molecule has 3 aromatic rings. The first-order valence-corrected chi connectivity index (χ1v) is 9.72. The van der Waals surface area contributed by atoms with Gasteiger partial charge in [-0.15, -0.1) is 0 Å². The first-order chi connectivity index (χ1) is 13.7. The Morgan fingerprint density at radius 2 is 1.93 bits per heavy atom. The van der Waals surface area contributed by atoms with Crippen LogP contribution in [0.2, 0.25) is 5.02 Å². The van der Waals surface area contributed by atoms with Crippen molar-refractivity contribution in [1.82, 2.24) is 9.88 Å². The maximum Gasteiger partial charge on any atom is 0.227 e. The molecule has 0 spiro atoms. The molecular weight excluding hydrogens is 372 g/mol. The smallest absolute Gasteiger partial charge is 0.227 e. The standard InChI is InChI=1S/C23H21ClN2O2/c24-20-8-4-7-18(14-20)19-9-10-21(25-15-19)22-16-26(11-12-28-22)23(27)13-17-5-2-1-3-6-17/h1-10,14-15,22H,11-13,16H2/t22-/m1/s1. The quantitative estimate of drug-likeness (QED) is 0.654. The van der Waals surface area contributed by atoms with Gasteiger partial charge in [-0.3, -0.25) is 9.78 Å². The zero-order valence-corrected chi connectivity index (χ0v) is 16.2. The van der Waals surface area contributed by atoms with Gasteiger partial charge >= 0.3 is 0 Å². The van der Waals surface area contributed by atoms with Crippen molar-refractivity contribution in [3.05, 3.63) is 89.2 Å². The summed E-state index contributed by atoms with van der Waals surface area (Å²) in [7, 11) is 0. The largest absolute Gasteiger partial charge is 0.368 e. The van der Waals surface area contributed by atoms with Crippen LogP contribution in [0, 0.1) is 0 Å². The second kappa shape index (κ2) is 8.55. The van der Waals surface area contributed by atoms with E-state index in [1.54, 1.807) is 0 Å². The van der Waals surface area contributed by atoms with Crippen molar-refractivity contribution in [2.75, 3.05) is 19.7 Å². The molecule has 1 amide bonds. The fourth-order valence-corrected chi connectivity index (χ4v) is 3.56. The summed E-state index contributed by atoms with van der Waals surface area (Å²) in [5, 5.41) is 0.699. The maximum absolute atomic E-state index is 12.7. The highest BCUT2D eigenvalue weighted by Gasteiger charge is 2.26. The molecule has 0 saturated carbocycles. The van der Waals surface area contributed by atoms with Gasteiger partial charge in [0.2, 0.25) is 5.91 Å².